The van der Waals surface area contributed by atoms with E-state index in [1.165, 1.54) is 13.2 Å². The first-order chi connectivity index (χ1) is 17.1. The number of aliphatic carboxylic acids is 1. The van der Waals surface area contributed by atoms with E-state index in [1.807, 2.05) is 42.5 Å². The number of hydrogen-bond acceptors (Lipinski definition) is 6. The van der Waals surface area contributed by atoms with Crippen LogP contribution < -0.4 is 10.1 Å². The zero-order valence-corrected chi connectivity index (χ0v) is 18.6. The topological polar surface area (TPSA) is 127 Å². The predicted molar refractivity (Wildman–Crippen MR) is 124 cm³/mol. The minimum atomic E-state index is -5.08. The molecule has 0 radical (unpaired) electrons. The second-order valence-electron chi connectivity index (χ2n) is 7.04. The molecule has 2 aromatic heterocycles. The monoisotopic (exact) mass is 500 g/mol. The van der Waals surface area contributed by atoms with Crippen molar-refractivity contribution in [2.24, 2.45) is 0 Å². The van der Waals surface area contributed by atoms with Crippen LogP contribution >= 0.6 is 0 Å². The summed E-state index contributed by atoms with van der Waals surface area (Å²) < 4.78 is 38.6. The van der Waals surface area contributed by atoms with Gasteiger partial charge in [-0.1, -0.05) is 24.3 Å². The summed E-state index contributed by atoms with van der Waals surface area (Å²) in [5, 5.41) is 24.6. The van der Waals surface area contributed by atoms with Gasteiger partial charge in [0.25, 0.3) is 0 Å². The lowest BCUT2D eigenvalue weighted by Gasteiger charge is -2.15. The van der Waals surface area contributed by atoms with Gasteiger partial charge in [0.15, 0.2) is 0 Å². The van der Waals surface area contributed by atoms with Crippen LogP contribution in [0.5, 0.6) is 5.75 Å². The van der Waals surface area contributed by atoms with Crippen molar-refractivity contribution >= 4 is 23.4 Å². The van der Waals surface area contributed by atoms with Crippen molar-refractivity contribution in [2.75, 3.05) is 12.4 Å². The van der Waals surface area contributed by atoms with E-state index in [2.05, 4.69) is 15.4 Å². The molecule has 0 aliphatic heterocycles. The molecule has 2 heterocycles. The van der Waals surface area contributed by atoms with Crippen molar-refractivity contribution < 1.29 is 37.7 Å². The van der Waals surface area contributed by atoms with Crippen molar-refractivity contribution in [3.05, 3.63) is 84.8 Å². The lowest BCUT2D eigenvalue weighted by molar-refractivity contribution is -0.192. The van der Waals surface area contributed by atoms with E-state index in [1.54, 1.807) is 35.4 Å². The Morgan fingerprint density at radius 1 is 1.00 bits per heavy atom. The highest BCUT2D eigenvalue weighted by Crippen LogP contribution is 2.34. The van der Waals surface area contributed by atoms with Crippen LogP contribution in [0.15, 0.2) is 79.3 Å². The van der Waals surface area contributed by atoms with Crippen LogP contribution in [0, 0.1) is 0 Å². The molecule has 186 valence electrons. The van der Waals surface area contributed by atoms with Gasteiger partial charge in [-0.2, -0.15) is 18.3 Å². The van der Waals surface area contributed by atoms with Crippen LogP contribution in [0.1, 0.15) is 10.4 Å². The minimum absolute atomic E-state index is 0.0994. The summed E-state index contributed by atoms with van der Waals surface area (Å²) >= 11 is 0. The van der Waals surface area contributed by atoms with Gasteiger partial charge >= 0.3 is 18.1 Å². The number of para-hydroxylation sites is 1. The maximum Gasteiger partial charge on any atom is 0.490 e. The van der Waals surface area contributed by atoms with Crippen LogP contribution in [-0.4, -0.2) is 50.2 Å². The third-order valence-corrected chi connectivity index (χ3v) is 4.70. The molecule has 0 saturated heterocycles. The van der Waals surface area contributed by atoms with E-state index in [0.717, 1.165) is 16.8 Å². The van der Waals surface area contributed by atoms with Crippen molar-refractivity contribution in [1.29, 1.82) is 0 Å². The smallest absolute Gasteiger partial charge is 0.490 e. The van der Waals surface area contributed by atoms with Gasteiger partial charge in [0.1, 0.15) is 11.6 Å². The number of pyridine rings is 1. The Labute approximate surface area is 202 Å². The Bertz CT molecular complexity index is 1290. The number of halogens is 3. The number of hydrogen-bond donors (Lipinski definition) is 3. The standard InChI is InChI=1S/C22H18N4O3.C2HF3O2/c1-29-17-9-10-20(18(12-17)22(27)28)25-21-19(15-6-5-11-23-13-15)14-24-26(21)16-7-3-2-4-8-16;3-2(4,5)1(6)7/h2-14,25H,1H3,(H,27,28);(H,6,7). The largest absolute Gasteiger partial charge is 0.497 e. The third kappa shape index (κ3) is 6.17. The van der Waals surface area contributed by atoms with Crippen LogP contribution in [0.2, 0.25) is 0 Å². The van der Waals surface area contributed by atoms with E-state index in [9.17, 15) is 23.1 Å². The van der Waals surface area contributed by atoms with E-state index >= 15 is 0 Å². The van der Waals surface area contributed by atoms with Crippen LogP contribution in [0.25, 0.3) is 16.8 Å². The number of nitrogens with zero attached hydrogens (tertiary/aromatic N) is 3. The average molecular weight is 500 g/mol. The van der Waals surface area contributed by atoms with Crippen molar-refractivity contribution in [3.63, 3.8) is 0 Å². The summed E-state index contributed by atoms with van der Waals surface area (Å²) in [4.78, 5) is 24.9. The number of carbonyl (C=O) groups is 2. The van der Waals surface area contributed by atoms with Crippen LogP contribution in [0.3, 0.4) is 0 Å². The second-order valence-corrected chi connectivity index (χ2v) is 7.04. The fourth-order valence-electron chi connectivity index (χ4n) is 3.03. The van der Waals surface area contributed by atoms with Crippen LogP contribution in [-0.2, 0) is 4.79 Å². The average Bonchev–Trinajstić information content (AvgIpc) is 3.28. The molecule has 0 amide bonds. The van der Waals surface area contributed by atoms with Gasteiger partial charge < -0.3 is 20.3 Å². The van der Waals surface area contributed by atoms with E-state index in [4.69, 9.17) is 14.6 Å². The summed E-state index contributed by atoms with van der Waals surface area (Å²) in [6, 6.07) is 18.3. The normalized spacial score (nSPS) is 10.7. The SMILES string of the molecule is COc1ccc(Nc2c(-c3cccnc3)cnn2-c2ccccc2)c(C(=O)O)c1.O=C(O)C(F)(F)F. The number of alkyl halides is 3. The zero-order chi connectivity index (χ0) is 26.3. The summed E-state index contributed by atoms with van der Waals surface area (Å²) in [7, 11) is 1.50. The molecule has 2 aromatic carbocycles. The molecule has 0 atom stereocenters. The number of ether oxygens (including phenoxy) is 1. The van der Waals surface area contributed by atoms with Gasteiger partial charge in [-0.15, -0.1) is 0 Å². The molecule has 12 heteroatoms. The van der Waals surface area contributed by atoms with Gasteiger partial charge in [-0.3, -0.25) is 4.98 Å². The predicted octanol–water partition coefficient (Wildman–Crippen LogP) is 5.02. The molecule has 9 nitrogen and oxygen atoms in total. The van der Waals surface area contributed by atoms with Gasteiger partial charge in [0.05, 0.1) is 30.2 Å². The van der Waals surface area contributed by atoms with E-state index in [0.29, 0.717) is 17.3 Å². The number of carboxylic acids is 2. The first-order valence-corrected chi connectivity index (χ1v) is 10.1. The van der Waals surface area contributed by atoms with Crippen molar-refractivity contribution in [3.8, 4) is 22.6 Å². The molecule has 0 fully saturated rings. The number of aromatic nitrogens is 3. The quantitative estimate of drug-likeness (QED) is 0.337. The highest BCUT2D eigenvalue weighted by atomic mass is 19.4. The van der Waals surface area contributed by atoms with E-state index in [-0.39, 0.29) is 5.56 Å². The Hall–Kier alpha value is -4.87. The maximum atomic E-state index is 11.8. The molecule has 0 bridgehead atoms. The molecule has 4 rings (SSSR count). The Morgan fingerprint density at radius 3 is 2.25 bits per heavy atom. The first kappa shape index (κ1) is 25.7. The molecule has 36 heavy (non-hydrogen) atoms. The number of carboxylic acid groups (broad SMARTS) is 2. The number of aromatic carboxylic acids is 1. The Morgan fingerprint density at radius 2 is 1.69 bits per heavy atom. The number of methoxy groups -OCH3 is 1. The number of nitrogens with one attached hydrogen (secondary N) is 1. The Balaban J connectivity index is 0.000000454. The fraction of sp³-hybridized carbons (Fsp3) is 0.0833. The van der Waals surface area contributed by atoms with Crippen molar-refractivity contribution in [1.82, 2.24) is 14.8 Å². The van der Waals surface area contributed by atoms with Crippen molar-refractivity contribution in [2.45, 2.75) is 6.18 Å². The minimum Gasteiger partial charge on any atom is -0.497 e. The van der Waals surface area contributed by atoms with Gasteiger partial charge in [0.2, 0.25) is 0 Å². The molecule has 0 unspecified atom stereocenters. The molecule has 4 aromatic rings. The van der Waals surface area contributed by atoms with E-state index < -0.39 is 18.1 Å². The molecule has 0 aliphatic rings. The van der Waals surface area contributed by atoms with Gasteiger partial charge in [-0.25, -0.2) is 14.3 Å². The number of benzene rings is 2. The molecule has 3 N–H and O–H groups in total. The van der Waals surface area contributed by atoms with Gasteiger partial charge in [-0.05, 0) is 36.4 Å². The molecular weight excluding hydrogens is 481 g/mol. The lowest BCUT2D eigenvalue weighted by atomic mass is 10.1. The zero-order valence-electron chi connectivity index (χ0n) is 18.6. The summed E-state index contributed by atoms with van der Waals surface area (Å²) in [5.41, 5.74) is 3.04. The van der Waals surface area contributed by atoms with Crippen LogP contribution in [0.4, 0.5) is 24.7 Å². The molecule has 0 aliphatic carbocycles. The lowest BCUT2D eigenvalue weighted by Crippen LogP contribution is -2.21. The summed E-state index contributed by atoms with van der Waals surface area (Å²) in [6.45, 7) is 0. The molecular formula is C24H19F3N4O5. The molecule has 0 saturated carbocycles. The maximum absolute atomic E-state index is 11.8. The highest BCUT2D eigenvalue weighted by Gasteiger charge is 2.38. The summed E-state index contributed by atoms with van der Waals surface area (Å²) in [5.74, 6) is -2.71. The fourth-order valence-corrected chi connectivity index (χ4v) is 3.03. The summed E-state index contributed by atoms with van der Waals surface area (Å²) in [6.07, 6.45) is 0.0875. The molecule has 0 spiro atoms. The first-order valence-electron chi connectivity index (χ1n) is 10.1. The highest BCUT2D eigenvalue weighted by molar-refractivity contribution is 5.96. The van der Waals surface area contributed by atoms with Gasteiger partial charge in [0, 0.05) is 23.5 Å². The number of rotatable bonds is 6. The second kappa shape index (κ2) is 11.0. The third-order valence-electron chi connectivity index (χ3n) is 4.70. The Kier molecular flexibility index (Phi) is 7.89. The number of anilines is 2.